The second kappa shape index (κ2) is 15.1. The third kappa shape index (κ3) is 8.34. The third-order valence-corrected chi connectivity index (χ3v) is 10.7. The van der Waals surface area contributed by atoms with E-state index in [4.69, 9.17) is 0 Å². The molecule has 1 unspecified atom stereocenters. The molecule has 6 atom stereocenters. The second-order valence-electron chi connectivity index (χ2n) is 16.9. The van der Waals surface area contributed by atoms with Crippen LogP contribution in [-0.4, -0.2) is 81.4 Å². The number of benzene rings is 1. The maximum Gasteiger partial charge on any atom is 0.315 e. The second-order valence-corrected chi connectivity index (χ2v) is 16.9. The highest BCUT2D eigenvalue weighted by molar-refractivity contribution is 6.38. The molecule has 5 N–H and O–H groups in total. The first-order chi connectivity index (χ1) is 24.1. The summed E-state index contributed by atoms with van der Waals surface area (Å²) in [4.78, 5) is 82.4. The van der Waals surface area contributed by atoms with Crippen LogP contribution in [0.4, 0.5) is 4.79 Å². The van der Waals surface area contributed by atoms with Gasteiger partial charge in [0, 0.05) is 31.1 Å². The summed E-state index contributed by atoms with van der Waals surface area (Å²) in [6.07, 6.45) is 2.23. The molecule has 4 rings (SSSR count). The molecule has 1 saturated carbocycles. The zero-order valence-electron chi connectivity index (χ0n) is 32.0. The smallest absolute Gasteiger partial charge is 0.315 e. The fourth-order valence-corrected chi connectivity index (χ4v) is 7.37. The van der Waals surface area contributed by atoms with E-state index in [-0.39, 0.29) is 42.6 Å². The number of nitrogens with zero attached hydrogens (tertiary/aromatic N) is 2. The number of ketones is 1. The molecule has 13 heteroatoms. The predicted octanol–water partition coefficient (Wildman–Crippen LogP) is 3.47. The highest BCUT2D eigenvalue weighted by Crippen LogP contribution is 2.65. The monoisotopic (exact) mass is 720 g/mol. The van der Waals surface area contributed by atoms with Crippen LogP contribution in [0.3, 0.4) is 0 Å². The minimum atomic E-state index is -1.06. The number of carbonyl (C=O) groups is 5. The van der Waals surface area contributed by atoms with Crippen molar-refractivity contribution in [3.63, 3.8) is 0 Å². The van der Waals surface area contributed by atoms with E-state index in [0.29, 0.717) is 23.7 Å². The van der Waals surface area contributed by atoms with Gasteiger partial charge >= 0.3 is 6.03 Å². The van der Waals surface area contributed by atoms with E-state index in [9.17, 15) is 33.9 Å². The SMILES string of the molecule is C=CCNC(=O)C(=O)C(CCC)NC(=O)[C@@H]1[C@@H]2[C@H](CN1C(=O)[C@@H](NC(=O)N[C@H](Cn1c(O)c3ccccc3cc1=O)C(C)(C)C)C(C)(C)C)C2(C)C. The Morgan fingerprint density at radius 2 is 1.67 bits per heavy atom. The fourth-order valence-electron chi connectivity index (χ4n) is 7.37. The molecule has 1 aliphatic heterocycles. The molecule has 1 aromatic heterocycles. The number of rotatable bonds is 13. The van der Waals surface area contributed by atoms with Gasteiger partial charge in [-0.05, 0) is 46.0 Å². The van der Waals surface area contributed by atoms with Crippen molar-refractivity contribution in [1.29, 1.82) is 0 Å². The lowest BCUT2D eigenvalue weighted by molar-refractivity contribution is -0.145. The van der Waals surface area contributed by atoms with E-state index in [1.807, 2.05) is 62.3 Å². The van der Waals surface area contributed by atoms with E-state index in [1.54, 1.807) is 24.3 Å². The Kier molecular flexibility index (Phi) is 11.7. The lowest BCUT2D eigenvalue weighted by Crippen LogP contribution is -2.62. The molecule has 0 spiro atoms. The maximum absolute atomic E-state index is 14.5. The lowest BCUT2D eigenvalue weighted by atomic mass is 9.85. The van der Waals surface area contributed by atoms with Gasteiger partial charge in [0.15, 0.2) is 0 Å². The minimum Gasteiger partial charge on any atom is -0.494 e. The topological polar surface area (TPSA) is 179 Å². The van der Waals surface area contributed by atoms with E-state index < -0.39 is 70.1 Å². The molecule has 13 nitrogen and oxygen atoms in total. The number of piperidine rings is 1. The van der Waals surface area contributed by atoms with Gasteiger partial charge in [-0.2, -0.15) is 0 Å². The van der Waals surface area contributed by atoms with Crippen molar-refractivity contribution >= 4 is 40.3 Å². The number of nitrogens with one attached hydrogen (secondary N) is 4. The van der Waals surface area contributed by atoms with Crippen molar-refractivity contribution < 1.29 is 29.1 Å². The van der Waals surface area contributed by atoms with Gasteiger partial charge in [0.05, 0.1) is 12.1 Å². The highest BCUT2D eigenvalue weighted by Gasteiger charge is 2.70. The Morgan fingerprint density at radius 1 is 1.02 bits per heavy atom. The Labute approximate surface area is 306 Å². The van der Waals surface area contributed by atoms with Crippen LogP contribution in [0, 0.1) is 28.1 Å². The van der Waals surface area contributed by atoms with Crippen LogP contribution in [0.1, 0.15) is 75.2 Å². The first kappa shape index (κ1) is 40.1. The van der Waals surface area contributed by atoms with Crippen molar-refractivity contribution in [2.75, 3.05) is 13.1 Å². The van der Waals surface area contributed by atoms with Gasteiger partial charge in [-0.3, -0.25) is 28.5 Å². The summed E-state index contributed by atoms with van der Waals surface area (Å²) in [6, 6.07) is 4.11. The number of urea groups is 1. The van der Waals surface area contributed by atoms with Gasteiger partial charge in [0.1, 0.15) is 12.1 Å². The summed E-state index contributed by atoms with van der Waals surface area (Å²) < 4.78 is 1.23. The first-order valence-electron chi connectivity index (χ1n) is 18.1. The van der Waals surface area contributed by atoms with Crippen LogP contribution in [-0.2, 0) is 25.7 Å². The van der Waals surface area contributed by atoms with E-state index in [1.165, 1.54) is 21.6 Å². The summed E-state index contributed by atoms with van der Waals surface area (Å²) in [5.41, 5.74) is -2.00. The van der Waals surface area contributed by atoms with Gasteiger partial charge in [-0.15, -0.1) is 6.58 Å². The van der Waals surface area contributed by atoms with Gasteiger partial charge in [-0.1, -0.05) is 93.0 Å². The van der Waals surface area contributed by atoms with E-state index in [0.717, 1.165) is 0 Å². The highest BCUT2D eigenvalue weighted by atomic mass is 16.3. The van der Waals surface area contributed by atoms with Gasteiger partial charge in [0.2, 0.25) is 23.5 Å². The fraction of sp³-hybridized carbons (Fsp3) is 0.590. The molecule has 5 amide bonds. The molecule has 52 heavy (non-hydrogen) atoms. The van der Waals surface area contributed by atoms with Crippen LogP contribution >= 0.6 is 0 Å². The normalized spacial score (nSPS) is 20.9. The summed E-state index contributed by atoms with van der Waals surface area (Å²) in [5, 5.41) is 23.2. The van der Waals surface area contributed by atoms with E-state index >= 15 is 0 Å². The Morgan fingerprint density at radius 3 is 2.27 bits per heavy atom. The molecule has 1 aliphatic carbocycles. The number of hydrogen-bond acceptors (Lipinski definition) is 7. The average Bonchev–Trinajstić information content (AvgIpc) is 3.36. The lowest BCUT2D eigenvalue weighted by Gasteiger charge is -2.38. The Hall–Kier alpha value is -4.68. The van der Waals surface area contributed by atoms with Crippen LogP contribution in [0.25, 0.3) is 10.8 Å². The molecule has 2 fully saturated rings. The number of aromatic hydroxyl groups is 1. The molecular weight excluding hydrogens is 664 g/mol. The third-order valence-electron chi connectivity index (χ3n) is 10.7. The molecule has 2 heterocycles. The van der Waals surface area contributed by atoms with Crippen molar-refractivity contribution in [2.24, 2.45) is 28.1 Å². The van der Waals surface area contributed by atoms with Gasteiger partial charge in [-0.25, -0.2) is 4.79 Å². The zero-order valence-corrected chi connectivity index (χ0v) is 32.0. The average molecular weight is 721 g/mol. The number of Topliss-reactive ketones (excluding diaryl/α,β-unsaturated/α-hetero) is 1. The maximum atomic E-state index is 14.5. The number of amides is 5. The van der Waals surface area contributed by atoms with Crippen molar-refractivity contribution in [3.8, 4) is 5.88 Å². The van der Waals surface area contributed by atoms with Crippen LogP contribution in [0.5, 0.6) is 5.88 Å². The molecule has 2 aliphatic rings. The number of aromatic nitrogens is 1. The molecule has 0 radical (unpaired) electrons. The summed E-state index contributed by atoms with van der Waals surface area (Å²) in [6.45, 7) is 21.0. The van der Waals surface area contributed by atoms with Gasteiger partial charge < -0.3 is 31.3 Å². The first-order valence-corrected chi connectivity index (χ1v) is 18.1. The van der Waals surface area contributed by atoms with Crippen molar-refractivity contribution in [1.82, 2.24) is 30.7 Å². The molecule has 2 aromatic rings. The molecule has 284 valence electrons. The number of likely N-dealkylation sites (tertiary alicyclic amines) is 1. The molecular formula is C39H56N6O7. The minimum absolute atomic E-state index is 0.0311. The number of fused-ring (bicyclic) bond motifs is 2. The number of hydrogen-bond donors (Lipinski definition) is 5. The molecule has 0 bridgehead atoms. The Balaban J connectivity index is 1.56. The number of carbonyl (C=O) groups excluding carboxylic acids is 5. The standard InChI is InChI=1S/C39H56N6O7/c1-11-15-25(30(47)33(49)40-18-12-2)41-32(48)29-28-24(39(28,9)10)20-45(29)35(51)31(38(6,7)8)43-36(52)42-26(37(3,4)5)21-44-27(46)19-22-16-13-14-17-23(22)34(44)50/h12-14,16-17,19,24-26,28-29,31,50H,2,11,15,18,20-21H2,1,3-10H3,(H,40,49)(H,41,48)(H2,42,43,52)/t24-,25?,26+,28-,29-,31+/m0/s1. The van der Waals surface area contributed by atoms with Crippen molar-refractivity contribution in [2.45, 2.75) is 106 Å². The predicted molar refractivity (Wildman–Crippen MR) is 199 cm³/mol. The van der Waals surface area contributed by atoms with Crippen molar-refractivity contribution in [3.05, 3.63) is 53.3 Å². The zero-order chi connectivity index (χ0) is 38.9. The quantitative estimate of drug-likeness (QED) is 0.155. The number of pyridine rings is 1. The molecule has 1 saturated heterocycles. The Bertz CT molecular complexity index is 1790. The van der Waals surface area contributed by atoms with Crippen LogP contribution in [0.15, 0.2) is 47.8 Å². The van der Waals surface area contributed by atoms with E-state index in [2.05, 4.69) is 27.8 Å². The van der Waals surface area contributed by atoms with Gasteiger partial charge in [0.25, 0.3) is 11.5 Å². The molecule has 1 aromatic carbocycles. The summed E-state index contributed by atoms with van der Waals surface area (Å²) in [7, 11) is 0. The van der Waals surface area contributed by atoms with Crippen LogP contribution < -0.4 is 26.8 Å². The van der Waals surface area contributed by atoms with Crippen LogP contribution in [0.2, 0.25) is 0 Å². The summed E-state index contributed by atoms with van der Waals surface area (Å²) in [5.74, 6) is -2.88. The largest absolute Gasteiger partial charge is 0.494 e. The summed E-state index contributed by atoms with van der Waals surface area (Å²) >= 11 is 0.